The van der Waals surface area contributed by atoms with Crippen LogP contribution in [0, 0.1) is 6.92 Å². The highest BCUT2D eigenvalue weighted by Crippen LogP contribution is 2.10. The standard InChI is InChI=1S/C18H27N3O5/c1-13-5-7-14(8-6-13)25-12-16(23)20-10-9-19-15(22)11-21-17(24)26-18(2,3)4/h5-8H,9-12H2,1-4H3,(H,19,22)(H,20,23)(H,21,24). The minimum absolute atomic E-state index is 0.1000. The van der Waals surface area contributed by atoms with Crippen molar-refractivity contribution in [1.29, 1.82) is 0 Å². The minimum atomic E-state index is -0.658. The Hall–Kier alpha value is -2.77. The Morgan fingerprint density at radius 2 is 1.50 bits per heavy atom. The van der Waals surface area contributed by atoms with Gasteiger partial charge in [0.25, 0.3) is 5.91 Å². The molecule has 0 bridgehead atoms. The number of ether oxygens (including phenoxy) is 2. The molecule has 8 heteroatoms. The lowest BCUT2D eigenvalue weighted by Crippen LogP contribution is -2.42. The summed E-state index contributed by atoms with van der Waals surface area (Å²) in [6.45, 7) is 7.37. The summed E-state index contributed by atoms with van der Waals surface area (Å²) in [6, 6.07) is 7.38. The summed E-state index contributed by atoms with van der Waals surface area (Å²) in [4.78, 5) is 34.6. The first-order valence-corrected chi connectivity index (χ1v) is 8.35. The molecule has 3 amide bonds. The molecule has 0 aliphatic carbocycles. The highest BCUT2D eigenvalue weighted by molar-refractivity contribution is 5.82. The second kappa shape index (κ2) is 10.3. The number of rotatable bonds is 8. The molecule has 0 aliphatic heterocycles. The summed E-state index contributed by atoms with van der Waals surface area (Å²) in [5.74, 6) is -0.0417. The van der Waals surface area contributed by atoms with Crippen LogP contribution in [-0.4, -0.2) is 49.7 Å². The molecule has 0 atom stereocenters. The van der Waals surface area contributed by atoms with E-state index in [4.69, 9.17) is 9.47 Å². The van der Waals surface area contributed by atoms with Crippen LogP contribution < -0.4 is 20.7 Å². The Balaban J connectivity index is 2.09. The molecule has 1 aromatic rings. The molecule has 0 spiro atoms. The van der Waals surface area contributed by atoms with Gasteiger partial charge in [-0.3, -0.25) is 9.59 Å². The Bertz CT molecular complexity index is 608. The first-order valence-electron chi connectivity index (χ1n) is 8.35. The molecule has 1 aromatic carbocycles. The molecule has 144 valence electrons. The number of hydrogen-bond donors (Lipinski definition) is 3. The average Bonchev–Trinajstić information content (AvgIpc) is 2.55. The number of nitrogens with one attached hydrogen (secondary N) is 3. The highest BCUT2D eigenvalue weighted by Gasteiger charge is 2.16. The maximum atomic E-state index is 11.7. The van der Waals surface area contributed by atoms with Crippen molar-refractivity contribution in [3.63, 3.8) is 0 Å². The van der Waals surface area contributed by atoms with Crippen molar-refractivity contribution in [3.05, 3.63) is 29.8 Å². The van der Waals surface area contributed by atoms with Gasteiger partial charge in [-0.2, -0.15) is 0 Å². The molecule has 0 radical (unpaired) electrons. The summed E-state index contributed by atoms with van der Waals surface area (Å²) in [5.41, 5.74) is 0.490. The maximum absolute atomic E-state index is 11.7. The summed E-state index contributed by atoms with van der Waals surface area (Å²) in [6.07, 6.45) is -0.658. The monoisotopic (exact) mass is 365 g/mol. The average molecular weight is 365 g/mol. The molecule has 0 aliphatic rings. The lowest BCUT2D eigenvalue weighted by atomic mass is 10.2. The van der Waals surface area contributed by atoms with Crippen LogP contribution in [-0.2, 0) is 14.3 Å². The quantitative estimate of drug-likeness (QED) is 0.599. The lowest BCUT2D eigenvalue weighted by molar-refractivity contribution is -0.123. The second-order valence-electron chi connectivity index (χ2n) is 6.66. The third-order valence-corrected chi connectivity index (χ3v) is 2.95. The smallest absolute Gasteiger partial charge is 0.408 e. The molecular weight excluding hydrogens is 338 g/mol. The van der Waals surface area contributed by atoms with E-state index >= 15 is 0 Å². The van der Waals surface area contributed by atoms with Crippen LogP contribution in [0.4, 0.5) is 4.79 Å². The van der Waals surface area contributed by atoms with Crippen LogP contribution in [0.3, 0.4) is 0 Å². The van der Waals surface area contributed by atoms with E-state index in [0.29, 0.717) is 5.75 Å². The van der Waals surface area contributed by atoms with Crippen LogP contribution in [0.5, 0.6) is 5.75 Å². The number of carbonyl (C=O) groups is 3. The van der Waals surface area contributed by atoms with Crippen LogP contribution in [0.1, 0.15) is 26.3 Å². The van der Waals surface area contributed by atoms with Crippen molar-refractivity contribution < 1.29 is 23.9 Å². The van der Waals surface area contributed by atoms with Crippen molar-refractivity contribution in [2.75, 3.05) is 26.2 Å². The van der Waals surface area contributed by atoms with Crippen LogP contribution >= 0.6 is 0 Å². The topological polar surface area (TPSA) is 106 Å². The lowest BCUT2D eigenvalue weighted by Gasteiger charge is -2.19. The maximum Gasteiger partial charge on any atom is 0.408 e. The van der Waals surface area contributed by atoms with Gasteiger partial charge in [0.15, 0.2) is 6.61 Å². The molecule has 0 saturated carbocycles. The Morgan fingerprint density at radius 1 is 0.923 bits per heavy atom. The third kappa shape index (κ3) is 10.2. The van der Waals surface area contributed by atoms with Gasteiger partial charge < -0.3 is 25.4 Å². The minimum Gasteiger partial charge on any atom is -0.484 e. The van der Waals surface area contributed by atoms with E-state index in [-0.39, 0.29) is 38.1 Å². The zero-order valence-electron chi connectivity index (χ0n) is 15.7. The van der Waals surface area contributed by atoms with Crippen molar-refractivity contribution in [2.24, 2.45) is 0 Å². The molecule has 0 saturated heterocycles. The molecule has 8 nitrogen and oxygen atoms in total. The first-order chi connectivity index (χ1) is 12.2. The largest absolute Gasteiger partial charge is 0.484 e. The molecular formula is C18H27N3O5. The predicted octanol–water partition coefficient (Wildman–Crippen LogP) is 1.13. The number of alkyl carbamates (subject to hydrolysis) is 1. The summed E-state index contributed by atoms with van der Waals surface area (Å²) < 4.78 is 10.4. The van der Waals surface area contributed by atoms with E-state index in [0.717, 1.165) is 5.56 Å². The fourth-order valence-electron chi connectivity index (χ4n) is 1.77. The molecule has 26 heavy (non-hydrogen) atoms. The molecule has 0 unspecified atom stereocenters. The van der Waals surface area contributed by atoms with E-state index in [2.05, 4.69) is 16.0 Å². The van der Waals surface area contributed by atoms with Crippen LogP contribution in [0.25, 0.3) is 0 Å². The first kappa shape index (κ1) is 21.3. The van der Waals surface area contributed by atoms with Gasteiger partial charge in [0.2, 0.25) is 5.91 Å². The number of aryl methyl sites for hydroxylation is 1. The number of hydrogen-bond acceptors (Lipinski definition) is 5. The van der Waals surface area contributed by atoms with Crippen molar-refractivity contribution in [3.8, 4) is 5.75 Å². The Labute approximate surface area is 153 Å². The fourth-order valence-corrected chi connectivity index (χ4v) is 1.77. The summed E-state index contributed by atoms with van der Waals surface area (Å²) in [7, 11) is 0. The molecule has 1 rings (SSSR count). The third-order valence-electron chi connectivity index (χ3n) is 2.95. The van der Waals surface area contributed by atoms with Gasteiger partial charge in [0, 0.05) is 13.1 Å². The van der Waals surface area contributed by atoms with Gasteiger partial charge in [0.05, 0.1) is 6.54 Å². The highest BCUT2D eigenvalue weighted by atomic mass is 16.6. The number of benzene rings is 1. The zero-order valence-corrected chi connectivity index (χ0v) is 15.7. The van der Waals surface area contributed by atoms with Crippen molar-refractivity contribution in [1.82, 2.24) is 16.0 Å². The van der Waals surface area contributed by atoms with Gasteiger partial charge in [-0.05, 0) is 39.8 Å². The SMILES string of the molecule is Cc1ccc(OCC(=O)NCCNC(=O)CNC(=O)OC(C)(C)C)cc1. The van der Waals surface area contributed by atoms with Crippen molar-refractivity contribution >= 4 is 17.9 Å². The van der Waals surface area contributed by atoms with Gasteiger partial charge in [-0.1, -0.05) is 17.7 Å². The van der Waals surface area contributed by atoms with Crippen molar-refractivity contribution in [2.45, 2.75) is 33.3 Å². The second-order valence-corrected chi connectivity index (χ2v) is 6.66. The van der Waals surface area contributed by atoms with E-state index in [1.807, 2.05) is 19.1 Å². The molecule has 0 aromatic heterocycles. The van der Waals surface area contributed by atoms with Gasteiger partial charge in [-0.15, -0.1) is 0 Å². The number of amides is 3. The van der Waals surface area contributed by atoms with E-state index < -0.39 is 11.7 Å². The number of carbonyl (C=O) groups excluding carboxylic acids is 3. The normalized spacial score (nSPS) is 10.6. The molecule has 0 heterocycles. The molecule has 0 fully saturated rings. The zero-order chi connectivity index (χ0) is 19.6. The van der Waals surface area contributed by atoms with Gasteiger partial charge in [0.1, 0.15) is 11.4 Å². The summed E-state index contributed by atoms with van der Waals surface area (Å²) in [5, 5.41) is 7.55. The Morgan fingerprint density at radius 3 is 2.08 bits per heavy atom. The van der Waals surface area contributed by atoms with E-state index in [1.54, 1.807) is 32.9 Å². The Kier molecular flexibility index (Phi) is 8.41. The van der Waals surface area contributed by atoms with Crippen LogP contribution in [0.15, 0.2) is 24.3 Å². The van der Waals surface area contributed by atoms with Crippen LogP contribution in [0.2, 0.25) is 0 Å². The van der Waals surface area contributed by atoms with E-state index in [9.17, 15) is 14.4 Å². The fraction of sp³-hybridized carbons (Fsp3) is 0.500. The summed E-state index contributed by atoms with van der Waals surface area (Å²) >= 11 is 0. The van der Waals surface area contributed by atoms with Gasteiger partial charge in [-0.25, -0.2) is 4.79 Å². The molecule has 3 N–H and O–H groups in total. The van der Waals surface area contributed by atoms with Gasteiger partial charge >= 0.3 is 6.09 Å². The van der Waals surface area contributed by atoms with E-state index in [1.165, 1.54) is 0 Å². The predicted molar refractivity (Wildman–Crippen MR) is 96.9 cm³/mol.